The summed E-state index contributed by atoms with van der Waals surface area (Å²) in [4.78, 5) is 24.9. The second-order valence-electron chi connectivity index (χ2n) is 5.38. The fourth-order valence-electron chi connectivity index (χ4n) is 2.55. The molecule has 0 aliphatic carbocycles. The molecule has 24 heavy (non-hydrogen) atoms. The fraction of sp³-hybridized carbons (Fsp3) is 0.158. The molecule has 0 aliphatic rings. The molecule has 5 heteroatoms. The van der Waals surface area contributed by atoms with Crippen molar-refractivity contribution in [3.8, 4) is 0 Å². The number of halogens is 1. The van der Waals surface area contributed by atoms with Crippen molar-refractivity contribution in [2.45, 2.75) is 20.1 Å². The number of hydrogen-bond donors (Lipinski definition) is 0. The molecule has 0 spiro atoms. The van der Waals surface area contributed by atoms with Crippen molar-refractivity contribution in [2.24, 2.45) is 0 Å². The molecule has 0 saturated heterocycles. The van der Waals surface area contributed by atoms with Crippen molar-refractivity contribution in [3.63, 3.8) is 0 Å². The Morgan fingerprint density at radius 2 is 1.75 bits per heavy atom. The van der Waals surface area contributed by atoms with E-state index in [1.54, 1.807) is 54.7 Å². The number of carbonyl (C=O) groups excluding carboxylic acids is 1. The van der Waals surface area contributed by atoms with Crippen molar-refractivity contribution in [3.05, 3.63) is 81.2 Å². The van der Waals surface area contributed by atoms with Crippen molar-refractivity contribution in [2.75, 3.05) is 0 Å². The number of benzene rings is 2. The average molecular weight is 342 g/mol. The van der Waals surface area contributed by atoms with Gasteiger partial charge in [-0.1, -0.05) is 41.9 Å². The van der Waals surface area contributed by atoms with Crippen LogP contribution in [0.15, 0.2) is 59.5 Å². The smallest absolute Gasteiger partial charge is 0.340 e. The third-order valence-electron chi connectivity index (χ3n) is 3.84. The zero-order chi connectivity index (χ0) is 17.1. The number of nitrogens with zero attached hydrogens (tertiary/aromatic N) is 1. The normalized spacial score (nSPS) is 10.8. The van der Waals surface area contributed by atoms with Crippen LogP contribution in [0, 0.1) is 0 Å². The maximum atomic E-state index is 12.5. The van der Waals surface area contributed by atoms with Crippen LogP contribution in [0.1, 0.15) is 22.8 Å². The van der Waals surface area contributed by atoms with Crippen molar-refractivity contribution in [1.82, 2.24) is 4.57 Å². The van der Waals surface area contributed by atoms with Gasteiger partial charge in [-0.15, -0.1) is 0 Å². The van der Waals surface area contributed by atoms with E-state index in [-0.39, 0.29) is 12.2 Å². The molecule has 4 nitrogen and oxygen atoms in total. The predicted octanol–water partition coefficient (Wildman–Crippen LogP) is 4.03. The number of fused-ring (bicyclic) bond motifs is 1. The molecule has 0 amide bonds. The minimum Gasteiger partial charge on any atom is -0.457 e. The summed E-state index contributed by atoms with van der Waals surface area (Å²) >= 11 is 5.84. The minimum absolute atomic E-state index is 0.109. The van der Waals surface area contributed by atoms with E-state index >= 15 is 0 Å². The molecule has 0 radical (unpaired) electrons. The van der Waals surface area contributed by atoms with Crippen LogP contribution < -0.4 is 5.56 Å². The summed E-state index contributed by atoms with van der Waals surface area (Å²) < 4.78 is 6.92. The van der Waals surface area contributed by atoms with Crippen LogP contribution in [0.3, 0.4) is 0 Å². The molecule has 3 rings (SSSR count). The molecule has 1 heterocycles. The molecule has 0 bridgehead atoms. The van der Waals surface area contributed by atoms with Crippen molar-refractivity contribution in [1.29, 1.82) is 0 Å². The Kier molecular flexibility index (Phi) is 4.67. The lowest BCUT2D eigenvalue weighted by Gasteiger charge is -2.11. The Hall–Kier alpha value is -2.59. The average Bonchev–Trinajstić information content (AvgIpc) is 2.61. The highest BCUT2D eigenvalue weighted by Crippen LogP contribution is 2.17. The largest absolute Gasteiger partial charge is 0.457 e. The Bertz CT molecular complexity index is 945. The van der Waals surface area contributed by atoms with E-state index < -0.39 is 5.97 Å². The third kappa shape index (κ3) is 3.19. The first kappa shape index (κ1) is 16.3. The summed E-state index contributed by atoms with van der Waals surface area (Å²) in [6.45, 7) is 2.50. The molecule has 0 aliphatic heterocycles. The van der Waals surface area contributed by atoms with Gasteiger partial charge in [0.1, 0.15) is 6.61 Å². The lowest BCUT2D eigenvalue weighted by molar-refractivity contribution is 0.0474. The third-order valence-corrected chi connectivity index (χ3v) is 4.09. The van der Waals surface area contributed by atoms with Gasteiger partial charge in [0.15, 0.2) is 0 Å². The molecule has 0 fully saturated rings. The van der Waals surface area contributed by atoms with Crippen LogP contribution >= 0.6 is 11.6 Å². The summed E-state index contributed by atoms with van der Waals surface area (Å²) in [6.07, 6.45) is 1.56. The molecule has 3 aromatic rings. The van der Waals surface area contributed by atoms with E-state index in [4.69, 9.17) is 16.3 Å². The Balaban J connectivity index is 1.93. The van der Waals surface area contributed by atoms with E-state index in [9.17, 15) is 9.59 Å². The van der Waals surface area contributed by atoms with Gasteiger partial charge in [0.2, 0.25) is 0 Å². The summed E-state index contributed by atoms with van der Waals surface area (Å²) in [6, 6.07) is 14.2. The van der Waals surface area contributed by atoms with Gasteiger partial charge in [-0.2, -0.15) is 0 Å². The van der Waals surface area contributed by atoms with Crippen LogP contribution in [-0.2, 0) is 17.9 Å². The number of pyridine rings is 1. The molecule has 0 atom stereocenters. The molecule has 1 aromatic heterocycles. The van der Waals surface area contributed by atoms with Gasteiger partial charge >= 0.3 is 5.97 Å². The van der Waals surface area contributed by atoms with E-state index in [0.717, 1.165) is 5.56 Å². The number of ether oxygens (including phenoxy) is 1. The molecule has 0 N–H and O–H groups in total. The zero-order valence-corrected chi connectivity index (χ0v) is 13.9. The molecule has 122 valence electrons. The van der Waals surface area contributed by atoms with Gasteiger partial charge in [-0.05, 0) is 30.7 Å². The highest BCUT2D eigenvalue weighted by Gasteiger charge is 2.15. The van der Waals surface area contributed by atoms with Crippen molar-refractivity contribution >= 4 is 28.3 Å². The Labute approximate surface area is 144 Å². The monoisotopic (exact) mass is 341 g/mol. The van der Waals surface area contributed by atoms with Crippen LogP contribution in [0.4, 0.5) is 0 Å². The van der Waals surface area contributed by atoms with Crippen LogP contribution in [-0.4, -0.2) is 10.5 Å². The molecule has 2 aromatic carbocycles. The SMILES string of the molecule is CCn1cc(C(=O)OCc2ccc(Cl)cc2)c2ccccc2c1=O. The van der Waals surface area contributed by atoms with Gasteiger partial charge < -0.3 is 9.30 Å². The highest BCUT2D eigenvalue weighted by atomic mass is 35.5. The lowest BCUT2D eigenvalue weighted by Crippen LogP contribution is -2.21. The Morgan fingerprint density at radius 1 is 1.08 bits per heavy atom. The number of hydrogen-bond acceptors (Lipinski definition) is 3. The number of rotatable bonds is 4. The second-order valence-corrected chi connectivity index (χ2v) is 5.82. The topological polar surface area (TPSA) is 48.3 Å². The minimum atomic E-state index is -0.455. The summed E-state index contributed by atoms with van der Waals surface area (Å²) in [5.41, 5.74) is 1.13. The quantitative estimate of drug-likeness (QED) is 0.673. The van der Waals surface area contributed by atoms with Crippen LogP contribution in [0.25, 0.3) is 10.8 Å². The number of aromatic nitrogens is 1. The molecular weight excluding hydrogens is 326 g/mol. The number of esters is 1. The fourth-order valence-corrected chi connectivity index (χ4v) is 2.67. The zero-order valence-electron chi connectivity index (χ0n) is 13.2. The van der Waals surface area contributed by atoms with Gasteiger partial charge in [0, 0.05) is 28.5 Å². The Morgan fingerprint density at radius 3 is 2.42 bits per heavy atom. The second kappa shape index (κ2) is 6.89. The summed E-state index contributed by atoms with van der Waals surface area (Å²) in [7, 11) is 0. The standard InChI is InChI=1S/C19H16ClNO3/c1-2-21-11-17(15-5-3-4-6-16(15)18(21)22)19(23)24-12-13-7-9-14(20)10-8-13/h3-11H,2,12H2,1H3. The van der Waals surface area contributed by atoms with Gasteiger partial charge in [-0.25, -0.2) is 4.79 Å². The van der Waals surface area contributed by atoms with Crippen LogP contribution in [0.2, 0.25) is 5.02 Å². The lowest BCUT2D eigenvalue weighted by atomic mass is 10.1. The number of carbonyl (C=O) groups is 1. The highest BCUT2D eigenvalue weighted by molar-refractivity contribution is 6.30. The predicted molar refractivity (Wildman–Crippen MR) is 94.5 cm³/mol. The van der Waals surface area contributed by atoms with Gasteiger partial charge in [0.05, 0.1) is 5.56 Å². The molecule has 0 unspecified atom stereocenters. The molecule has 0 saturated carbocycles. The first-order valence-electron chi connectivity index (χ1n) is 7.64. The summed E-state index contributed by atoms with van der Waals surface area (Å²) in [5.74, 6) is -0.455. The molecular formula is C19H16ClNO3. The summed E-state index contributed by atoms with van der Waals surface area (Å²) in [5, 5.41) is 1.75. The first-order valence-corrected chi connectivity index (χ1v) is 8.01. The van der Waals surface area contributed by atoms with E-state index in [2.05, 4.69) is 0 Å². The van der Waals surface area contributed by atoms with Crippen LogP contribution in [0.5, 0.6) is 0 Å². The van der Waals surface area contributed by atoms with Gasteiger partial charge in [-0.3, -0.25) is 4.79 Å². The first-order chi connectivity index (χ1) is 11.6. The van der Waals surface area contributed by atoms with E-state index in [1.165, 1.54) is 4.57 Å². The maximum absolute atomic E-state index is 12.5. The van der Waals surface area contributed by atoms with Gasteiger partial charge in [0.25, 0.3) is 5.56 Å². The van der Waals surface area contributed by atoms with E-state index in [1.807, 2.05) is 6.92 Å². The van der Waals surface area contributed by atoms with E-state index in [0.29, 0.717) is 27.9 Å². The van der Waals surface area contributed by atoms with Crippen molar-refractivity contribution < 1.29 is 9.53 Å². The maximum Gasteiger partial charge on any atom is 0.340 e. The number of aryl methyl sites for hydroxylation is 1.